The molecule has 0 unspecified atom stereocenters. The molecule has 0 radical (unpaired) electrons. The summed E-state index contributed by atoms with van der Waals surface area (Å²) in [6.07, 6.45) is 10.6. The van der Waals surface area contributed by atoms with Crippen molar-refractivity contribution in [3.63, 3.8) is 0 Å². The largest absolute Gasteiger partial charge is 0.264 e. The van der Waals surface area contributed by atoms with Gasteiger partial charge in [-0.3, -0.25) is 9.97 Å². The molecule has 8 aromatic rings. The number of benzene rings is 2. The highest BCUT2D eigenvalue weighted by molar-refractivity contribution is 7.91. The van der Waals surface area contributed by atoms with Crippen LogP contribution >= 0.6 is 0 Å². The molecule has 8 rings (SSSR count). The number of pyridine rings is 4. The van der Waals surface area contributed by atoms with E-state index in [4.69, 9.17) is 20.2 Å². The summed E-state index contributed by atoms with van der Waals surface area (Å²) in [7, 11) is -6.74. The van der Waals surface area contributed by atoms with E-state index in [1.54, 1.807) is 70.0 Å². The molecule has 0 bridgehead atoms. The van der Waals surface area contributed by atoms with Crippen molar-refractivity contribution in [2.24, 2.45) is 0 Å². The molecule has 14 nitrogen and oxygen atoms in total. The molecule has 0 saturated heterocycles. The van der Waals surface area contributed by atoms with E-state index in [1.807, 2.05) is 83.1 Å². The van der Waals surface area contributed by atoms with Crippen molar-refractivity contribution in [1.82, 2.24) is 39.2 Å². The fourth-order valence-corrected chi connectivity index (χ4v) is 7.67. The number of sulfone groups is 2. The number of hydrazine groups is 1. The molecule has 16 heteroatoms. The van der Waals surface area contributed by atoms with Crippen LogP contribution in [0.4, 0.5) is 11.9 Å². The number of nitrogens with zero attached hydrogens (tertiary/aromatic N) is 10. The minimum Gasteiger partial charge on any atom is -0.261 e. The van der Waals surface area contributed by atoms with Crippen LogP contribution in [0.5, 0.6) is 0 Å². The van der Waals surface area contributed by atoms with Crippen LogP contribution in [0.25, 0.3) is 33.5 Å². The molecule has 56 heavy (non-hydrogen) atoms. The third kappa shape index (κ3) is 7.69. The van der Waals surface area contributed by atoms with Crippen molar-refractivity contribution < 1.29 is 16.8 Å². The van der Waals surface area contributed by atoms with E-state index < -0.39 is 19.7 Å². The van der Waals surface area contributed by atoms with Crippen molar-refractivity contribution in [2.75, 3.05) is 35.6 Å². The molecule has 6 heterocycles. The average molecular weight is 785 g/mol. The molecule has 0 aliphatic carbocycles. The molecule has 0 saturated carbocycles. The minimum atomic E-state index is -3.37. The number of rotatable bonds is 13. The summed E-state index contributed by atoms with van der Waals surface area (Å²) < 4.78 is 52.1. The highest BCUT2D eigenvalue weighted by Crippen LogP contribution is 2.30. The van der Waals surface area contributed by atoms with Gasteiger partial charge in [-0.05, 0) is 83.9 Å². The molecule has 0 fully saturated rings. The van der Waals surface area contributed by atoms with Gasteiger partial charge in [0.15, 0.2) is 31.0 Å². The first kappa shape index (κ1) is 36.5. The van der Waals surface area contributed by atoms with Gasteiger partial charge >= 0.3 is 0 Å². The van der Waals surface area contributed by atoms with Gasteiger partial charge in [-0.2, -0.15) is 9.97 Å². The summed E-state index contributed by atoms with van der Waals surface area (Å²) >= 11 is 0. The molecule has 0 N–H and O–H groups in total. The summed E-state index contributed by atoms with van der Waals surface area (Å²) in [5.74, 6) is 0.773. The fraction of sp³-hybridized carbons (Fsp3) is 0.150. The number of hydrogen-bond donors (Lipinski definition) is 0. The summed E-state index contributed by atoms with van der Waals surface area (Å²) in [4.78, 5) is 19.8. The molecule has 0 atom stereocenters. The van der Waals surface area contributed by atoms with Crippen LogP contribution in [-0.2, 0) is 32.5 Å². The number of anilines is 2. The van der Waals surface area contributed by atoms with Crippen molar-refractivity contribution in [3.8, 4) is 22.3 Å². The molecule has 0 aliphatic rings. The van der Waals surface area contributed by atoms with Crippen molar-refractivity contribution in [3.05, 3.63) is 145 Å². The fourth-order valence-electron chi connectivity index (χ4n) is 6.41. The number of aromatic nitrogens is 8. The second-order valence-electron chi connectivity index (χ2n) is 13.2. The van der Waals surface area contributed by atoms with Crippen molar-refractivity contribution >= 4 is 42.9 Å². The maximum absolute atomic E-state index is 12.2. The van der Waals surface area contributed by atoms with Gasteiger partial charge in [0.1, 0.15) is 0 Å². The van der Waals surface area contributed by atoms with E-state index in [-0.39, 0.29) is 9.79 Å². The molecule has 0 spiro atoms. The van der Waals surface area contributed by atoms with Crippen LogP contribution in [0, 0.1) is 0 Å². The van der Waals surface area contributed by atoms with Gasteiger partial charge in [0.05, 0.1) is 9.79 Å². The third-order valence-corrected chi connectivity index (χ3v) is 11.5. The predicted molar refractivity (Wildman–Crippen MR) is 214 cm³/mol. The van der Waals surface area contributed by atoms with Crippen LogP contribution in [0.15, 0.2) is 144 Å². The van der Waals surface area contributed by atoms with Gasteiger partial charge in [-0.1, -0.05) is 36.4 Å². The van der Waals surface area contributed by atoms with E-state index in [2.05, 4.69) is 9.97 Å². The maximum atomic E-state index is 12.2. The molecular formula is C40H36N10O4S2. The Morgan fingerprint density at radius 3 is 1.29 bits per heavy atom. The van der Waals surface area contributed by atoms with Crippen molar-refractivity contribution in [2.45, 2.75) is 22.6 Å². The summed E-state index contributed by atoms with van der Waals surface area (Å²) in [6, 6.07) is 32.6. The standard InChI is InChI=1S/C40H36N10O4S2/c1-55(51,52)33-17-13-29(14-18-33)35-11-7-25-47-37(35)43-39(45-47)49(27-21-31-9-3-5-23-41-31)50(28-22-32-10-4-6-24-42-32)40-44-38-36(12-8-26-48(38)46-40)30-15-19-34(20-16-30)56(2,53)54/h3-20,23-26H,21-22,27-28H2,1-2H3. The first-order valence-corrected chi connectivity index (χ1v) is 21.5. The maximum Gasteiger partial charge on any atom is 0.264 e. The highest BCUT2D eigenvalue weighted by atomic mass is 32.2. The monoisotopic (exact) mass is 784 g/mol. The minimum absolute atomic E-state index is 0.230. The van der Waals surface area contributed by atoms with Gasteiger partial charge in [0.2, 0.25) is 0 Å². The van der Waals surface area contributed by atoms with Crippen LogP contribution in [-0.4, -0.2) is 81.6 Å². The average Bonchev–Trinajstić information content (AvgIpc) is 3.84. The van der Waals surface area contributed by atoms with Gasteiger partial charge in [0, 0.05) is 85.7 Å². The Hall–Kier alpha value is -6.52. The molecule has 0 aliphatic heterocycles. The zero-order valence-electron chi connectivity index (χ0n) is 30.5. The second kappa shape index (κ2) is 15.0. The Morgan fingerprint density at radius 2 is 0.929 bits per heavy atom. The number of hydrogen-bond acceptors (Lipinski definition) is 12. The van der Waals surface area contributed by atoms with Gasteiger partial charge < -0.3 is 0 Å². The van der Waals surface area contributed by atoms with E-state index in [1.165, 1.54) is 12.5 Å². The molecule has 0 amide bonds. The van der Waals surface area contributed by atoms with E-state index >= 15 is 0 Å². The van der Waals surface area contributed by atoms with Crippen LogP contribution < -0.4 is 10.0 Å². The smallest absolute Gasteiger partial charge is 0.261 e. The Morgan fingerprint density at radius 1 is 0.518 bits per heavy atom. The lowest BCUT2D eigenvalue weighted by Gasteiger charge is -2.33. The first-order chi connectivity index (χ1) is 27.0. The lowest BCUT2D eigenvalue weighted by molar-refractivity contribution is 0.600. The highest BCUT2D eigenvalue weighted by Gasteiger charge is 2.27. The Labute approximate surface area is 323 Å². The van der Waals surface area contributed by atoms with Gasteiger partial charge in [-0.15, -0.1) is 10.2 Å². The van der Waals surface area contributed by atoms with E-state index in [0.717, 1.165) is 33.6 Å². The zero-order chi connectivity index (χ0) is 38.9. The molecule has 2 aromatic carbocycles. The number of fused-ring (bicyclic) bond motifs is 2. The SMILES string of the molecule is CS(=O)(=O)c1ccc(-c2cccn3nc(N(CCc4ccccn4)N(CCc4ccccn4)c4nc5c(-c6ccc(S(C)(=O)=O)cc6)cccn5n4)nc23)cc1. The van der Waals surface area contributed by atoms with Crippen LogP contribution in [0.1, 0.15) is 11.4 Å². The normalized spacial score (nSPS) is 12.0. The topological polar surface area (TPSA) is 161 Å². The van der Waals surface area contributed by atoms with Crippen LogP contribution in [0.3, 0.4) is 0 Å². The molecule has 282 valence electrons. The summed E-state index contributed by atoms with van der Waals surface area (Å²) in [5.41, 5.74) is 6.01. The van der Waals surface area contributed by atoms with Crippen LogP contribution in [0.2, 0.25) is 0 Å². The van der Waals surface area contributed by atoms with Gasteiger partial charge in [-0.25, -0.2) is 35.9 Å². The quantitative estimate of drug-likeness (QED) is 0.137. The van der Waals surface area contributed by atoms with Crippen molar-refractivity contribution in [1.29, 1.82) is 0 Å². The first-order valence-electron chi connectivity index (χ1n) is 17.7. The van der Waals surface area contributed by atoms with Gasteiger partial charge in [0.25, 0.3) is 11.9 Å². The van der Waals surface area contributed by atoms with E-state index in [0.29, 0.717) is 49.1 Å². The Kier molecular flexibility index (Phi) is 9.74. The zero-order valence-corrected chi connectivity index (χ0v) is 32.1. The Bertz CT molecular complexity index is 2670. The Balaban J connectivity index is 1.25. The lowest BCUT2D eigenvalue weighted by Crippen LogP contribution is -2.47. The molecular weight excluding hydrogens is 749 g/mol. The lowest BCUT2D eigenvalue weighted by atomic mass is 10.1. The second-order valence-corrected chi connectivity index (χ2v) is 17.2. The molecule has 6 aromatic heterocycles. The predicted octanol–water partition coefficient (Wildman–Crippen LogP) is 5.42. The third-order valence-electron chi connectivity index (χ3n) is 9.25. The van der Waals surface area contributed by atoms with E-state index in [9.17, 15) is 16.8 Å². The summed E-state index contributed by atoms with van der Waals surface area (Å²) in [6.45, 7) is 0.813. The summed E-state index contributed by atoms with van der Waals surface area (Å²) in [5, 5.41) is 13.8.